The minimum Gasteiger partial charge on any atom is -0.468 e. The molecule has 4 nitrogen and oxygen atoms in total. The van der Waals surface area contributed by atoms with Crippen molar-refractivity contribution < 1.29 is 27.4 Å². The molecule has 2 N–H and O–H groups in total. The van der Waals surface area contributed by atoms with E-state index in [1.807, 2.05) is 0 Å². The van der Waals surface area contributed by atoms with Crippen molar-refractivity contribution in [3.63, 3.8) is 0 Å². The number of rotatable bonds is 4. The third-order valence-electron chi connectivity index (χ3n) is 1.75. The molecule has 2 atom stereocenters. The lowest BCUT2D eigenvalue weighted by Crippen LogP contribution is -2.51. The van der Waals surface area contributed by atoms with E-state index in [-0.39, 0.29) is 0 Å². The average Bonchev–Trinajstić information content (AvgIpc) is 2.11. The van der Waals surface area contributed by atoms with Crippen LogP contribution in [0.2, 0.25) is 0 Å². The van der Waals surface area contributed by atoms with E-state index in [0.29, 0.717) is 0 Å². The number of nitrogens with two attached hydrogens (primary N) is 1. The van der Waals surface area contributed by atoms with Crippen molar-refractivity contribution in [1.29, 1.82) is 0 Å². The summed E-state index contributed by atoms with van der Waals surface area (Å²) in [5.74, 6) is -0.822. The Balaban J connectivity index is 4.21. The molecule has 0 heterocycles. The van der Waals surface area contributed by atoms with E-state index in [0.717, 1.165) is 14.0 Å². The maximum atomic E-state index is 12.0. The summed E-state index contributed by atoms with van der Waals surface area (Å²) in [5, 5.41) is 0. The first-order valence-corrected chi connectivity index (χ1v) is 4.17. The number of hydrogen-bond donors (Lipinski definition) is 1. The van der Waals surface area contributed by atoms with Crippen molar-refractivity contribution in [1.82, 2.24) is 0 Å². The van der Waals surface area contributed by atoms with Crippen LogP contribution >= 0.6 is 0 Å². The van der Waals surface area contributed by atoms with Crippen LogP contribution in [0.1, 0.15) is 13.8 Å². The molecule has 15 heavy (non-hydrogen) atoms. The summed E-state index contributed by atoms with van der Waals surface area (Å²) in [7, 11) is 1.10. The SMILES string of the molecule is COC(=O)C(C)(N)COC(C)C(F)(F)F. The van der Waals surface area contributed by atoms with Crippen molar-refractivity contribution >= 4 is 5.97 Å². The Kier molecular flexibility index (Phi) is 4.54. The smallest absolute Gasteiger partial charge is 0.414 e. The largest absolute Gasteiger partial charge is 0.468 e. The maximum Gasteiger partial charge on any atom is 0.414 e. The lowest BCUT2D eigenvalue weighted by atomic mass is 10.1. The second kappa shape index (κ2) is 4.80. The number of esters is 1. The monoisotopic (exact) mass is 229 g/mol. The first-order chi connectivity index (χ1) is 6.61. The maximum absolute atomic E-state index is 12.0. The second-order valence-electron chi connectivity index (χ2n) is 3.40. The minimum atomic E-state index is -4.47. The Hall–Kier alpha value is -0.820. The van der Waals surface area contributed by atoms with E-state index < -0.39 is 30.4 Å². The molecule has 0 fully saturated rings. The molecule has 0 saturated carbocycles. The summed E-state index contributed by atoms with van der Waals surface area (Å²) in [6.07, 6.45) is -6.43. The van der Waals surface area contributed by atoms with E-state index in [4.69, 9.17) is 5.73 Å². The van der Waals surface area contributed by atoms with Crippen LogP contribution in [-0.2, 0) is 14.3 Å². The van der Waals surface area contributed by atoms with Crippen LogP contribution in [0, 0.1) is 0 Å². The second-order valence-corrected chi connectivity index (χ2v) is 3.40. The number of halogens is 3. The van der Waals surface area contributed by atoms with Gasteiger partial charge in [0.15, 0.2) is 6.10 Å². The molecule has 0 spiro atoms. The molecule has 90 valence electrons. The Bertz CT molecular complexity index is 228. The minimum absolute atomic E-state index is 0.555. The highest BCUT2D eigenvalue weighted by Crippen LogP contribution is 2.23. The van der Waals surface area contributed by atoms with E-state index in [1.54, 1.807) is 0 Å². The van der Waals surface area contributed by atoms with Crippen LogP contribution in [0.15, 0.2) is 0 Å². The number of carbonyl (C=O) groups excluding carboxylic acids is 1. The van der Waals surface area contributed by atoms with Gasteiger partial charge in [0.2, 0.25) is 0 Å². The zero-order valence-electron chi connectivity index (χ0n) is 8.72. The van der Waals surface area contributed by atoms with Gasteiger partial charge in [-0.05, 0) is 13.8 Å². The van der Waals surface area contributed by atoms with Crippen LogP contribution in [0.3, 0.4) is 0 Å². The number of hydrogen-bond acceptors (Lipinski definition) is 4. The van der Waals surface area contributed by atoms with Crippen molar-refractivity contribution in [3.05, 3.63) is 0 Å². The molecule has 0 aliphatic heterocycles. The van der Waals surface area contributed by atoms with Gasteiger partial charge in [0.1, 0.15) is 5.54 Å². The van der Waals surface area contributed by atoms with E-state index in [2.05, 4.69) is 9.47 Å². The molecule has 0 aromatic carbocycles. The third-order valence-corrected chi connectivity index (χ3v) is 1.75. The molecule has 0 amide bonds. The molecular weight excluding hydrogens is 215 g/mol. The Labute approximate surface area is 85.5 Å². The van der Waals surface area contributed by atoms with Gasteiger partial charge >= 0.3 is 12.1 Å². The molecule has 0 saturated heterocycles. The van der Waals surface area contributed by atoms with Crippen molar-refractivity contribution in [2.45, 2.75) is 31.7 Å². The first kappa shape index (κ1) is 14.2. The molecule has 0 aromatic rings. The summed E-state index contributed by atoms with van der Waals surface area (Å²) in [6, 6.07) is 0. The summed E-state index contributed by atoms with van der Waals surface area (Å²) < 4.78 is 44.8. The molecule has 0 bridgehead atoms. The zero-order chi connectivity index (χ0) is 12.3. The van der Waals surface area contributed by atoms with Gasteiger partial charge in [-0.3, -0.25) is 0 Å². The van der Waals surface area contributed by atoms with Gasteiger partial charge in [-0.15, -0.1) is 0 Å². The topological polar surface area (TPSA) is 61.5 Å². The third kappa shape index (κ3) is 4.48. The van der Waals surface area contributed by atoms with E-state index in [1.165, 1.54) is 6.92 Å². The van der Waals surface area contributed by atoms with Crippen molar-refractivity contribution in [3.8, 4) is 0 Å². The molecule has 0 rings (SSSR count). The highest BCUT2D eigenvalue weighted by molar-refractivity contribution is 5.80. The van der Waals surface area contributed by atoms with Crippen molar-refractivity contribution in [2.75, 3.05) is 13.7 Å². The van der Waals surface area contributed by atoms with Gasteiger partial charge in [-0.1, -0.05) is 0 Å². The highest BCUT2D eigenvalue weighted by atomic mass is 19.4. The number of alkyl halides is 3. The van der Waals surface area contributed by atoms with Gasteiger partial charge in [0.25, 0.3) is 0 Å². The summed E-state index contributed by atoms with van der Waals surface area (Å²) in [6.45, 7) is 1.52. The fraction of sp³-hybridized carbons (Fsp3) is 0.875. The molecule has 7 heteroatoms. The van der Waals surface area contributed by atoms with Gasteiger partial charge in [0, 0.05) is 0 Å². The molecule has 0 aliphatic carbocycles. The van der Waals surface area contributed by atoms with Gasteiger partial charge in [0.05, 0.1) is 13.7 Å². The Morgan fingerprint density at radius 3 is 2.27 bits per heavy atom. The van der Waals surface area contributed by atoms with Crippen LogP contribution in [0.4, 0.5) is 13.2 Å². The van der Waals surface area contributed by atoms with Crippen LogP contribution in [0.5, 0.6) is 0 Å². The molecule has 0 aliphatic rings. The summed E-state index contributed by atoms with van der Waals surface area (Å²) in [4.78, 5) is 11.0. The molecule has 0 radical (unpaired) electrons. The highest BCUT2D eigenvalue weighted by Gasteiger charge is 2.39. The fourth-order valence-electron chi connectivity index (χ4n) is 0.685. The Morgan fingerprint density at radius 1 is 1.47 bits per heavy atom. The lowest BCUT2D eigenvalue weighted by Gasteiger charge is -2.24. The Morgan fingerprint density at radius 2 is 1.93 bits per heavy atom. The number of ether oxygens (including phenoxy) is 2. The number of carbonyl (C=O) groups is 1. The van der Waals surface area contributed by atoms with E-state index >= 15 is 0 Å². The lowest BCUT2D eigenvalue weighted by molar-refractivity contribution is -0.218. The average molecular weight is 229 g/mol. The first-order valence-electron chi connectivity index (χ1n) is 4.17. The van der Waals surface area contributed by atoms with Crippen LogP contribution < -0.4 is 5.73 Å². The summed E-state index contributed by atoms with van der Waals surface area (Å²) in [5.41, 5.74) is 3.82. The quantitative estimate of drug-likeness (QED) is 0.726. The standard InChI is InChI=1S/C8H14F3NO3/c1-5(8(9,10)11)15-4-7(2,12)6(13)14-3/h5H,4,12H2,1-3H3. The predicted molar refractivity (Wildman–Crippen MR) is 46.1 cm³/mol. The van der Waals surface area contributed by atoms with Crippen LogP contribution in [-0.4, -0.2) is 37.5 Å². The normalized spacial score (nSPS) is 18.1. The summed E-state index contributed by atoms with van der Waals surface area (Å²) >= 11 is 0. The molecular formula is C8H14F3NO3. The van der Waals surface area contributed by atoms with Crippen molar-refractivity contribution in [2.24, 2.45) is 5.73 Å². The van der Waals surface area contributed by atoms with Gasteiger partial charge in [-0.25, -0.2) is 4.79 Å². The van der Waals surface area contributed by atoms with Gasteiger partial charge < -0.3 is 15.2 Å². The fourth-order valence-corrected chi connectivity index (χ4v) is 0.685. The number of methoxy groups -OCH3 is 1. The molecule has 0 aromatic heterocycles. The van der Waals surface area contributed by atoms with Crippen LogP contribution in [0.25, 0.3) is 0 Å². The van der Waals surface area contributed by atoms with Gasteiger partial charge in [-0.2, -0.15) is 13.2 Å². The zero-order valence-corrected chi connectivity index (χ0v) is 8.72. The van der Waals surface area contributed by atoms with E-state index in [9.17, 15) is 18.0 Å². The molecule has 2 unspecified atom stereocenters. The predicted octanol–water partition coefficient (Wildman–Crippen LogP) is 0.844.